The number of aryl methyl sites for hydroxylation is 1. The summed E-state index contributed by atoms with van der Waals surface area (Å²) in [6, 6.07) is 3.94. The number of nitrogens with zero attached hydrogens (tertiary/aromatic N) is 1. The molecule has 0 saturated carbocycles. The molecule has 0 atom stereocenters. The van der Waals surface area contributed by atoms with Crippen LogP contribution in [0.2, 0.25) is 0 Å². The van der Waals surface area contributed by atoms with E-state index in [1.165, 1.54) is 0 Å². The van der Waals surface area contributed by atoms with Crippen molar-refractivity contribution >= 4 is 17.4 Å². The van der Waals surface area contributed by atoms with Crippen LogP contribution in [0, 0.1) is 30.0 Å². The van der Waals surface area contributed by atoms with Crippen molar-refractivity contribution in [2.45, 2.75) is 160 Å². The van der Waals surface area contributed by atoms with Gasteiger partial charge in [-0.05, 0) is 114 Å². The molecule has 1 aromatic carbocycles. The largest absolute Gasteiger partial charge is 0.444 e. The highest BCUT2D eigenvalue weighted by Crippen LogP contribution is 2.37. The van der Waals surface area contributed by atoms with E-state index in [2.05, 4.69) is 41.5 Å². The molecule has 266 valence electrons. The number of nitrogens with two attached hydrogens (primary N) is 1. The molecule has 1 amide bonds. The fourth-order valence-electron chi connectivity index (χ4n) is 5.10. The number of piperidine rings is 1. The van der Waals surface area contributed by atoms with E-state index in [0.29, 0.717) is 31.0 Å². The Morgan fingerprint density at radius 1 is 1.02 bits per heavy atom. The number of unbranched alkanes of at least 4 members (excludes halogenated alkanes) is 1. The lowest BCUT2D eigenvalue weighted by molar-refractivity contribution is -0.118. The molecule has 0 spiro atoms. The molecule has 46 heavy (non-hydrogen) atoms. The number of rotatable bonds is 8. The van der Waals surface area contributed by atoms with Crippen LogP contribution in [0.3, 0.4) is 0 Å². The molecule has 7 heteroatoms. The average molecular weight is 649 g/mol. The van der Waals surface area contributed by atoms with Crippen LogP contribution in [0.15, 0.2) is 17.8 Å². The summed E-state index contributed by atoms with van der Waals surface area (Å²) in [5, 5.41) is 9.09. The predicted molar refractivity (Wildman–Crippen MR) is 192 cm³/mol. The van der Waals surface area contributed by atoms with Crippen molar-refractivity contribution in [3.8, 4) is 0 Å². The number of carbonyl (C=O) groups is 2. The number of Topliss-reactive ketones (excluding diaryl/α,β-unsaturated/α-hetero) is 1. The van der Waals surface area contributed by atoms with Gasteiger partial charge in [0.25, 0.3) is 0 Å². The number of likely N-dealkylation sites (tertiary alicyclic amines) is 1. The highest BCUT2D eigenvalue weighted by Gasteiger charge is 2.30. The van der Waals surface area contributed by atoms with Crippen molar-refractivity contribution in [3.63, 3.8) is 0 Å². The number of halogens is 1. The Labute approximate surface area is 281 Å². The molecule has 6 nitrogen and oxygen atoms in total. The number of ether oxygens (including phenoxy) is 1. The highest BCUT2D eigenvalue weighted by molar-refractivity contribution is 5.76. The van der Waals surface area contributed by atoms with Crippen LogP contribution in [-0.2, 0) is 9.53 Å². The number of hydrogen-bond acceptors (Lipinski definition) is 5. The van der Waals surface area contributed by atoms with Crippen molar-refractivity contribution in [2.24, 2.45) is 23.0 Å². The monoisotopic (exact) mass is 649 g/mol. The molecule has 0 unspecified atom stereocenters. The number of hydrogen-bond donors (Lipinski definition) is 2. The summed E-state index contributed by atoms with van der Waals surface area (Å²) in [5.74, 6) is 0.724. The lowest BCUT2D eigenvalue weighted by Crippen LogP contribution is -2.41. The first-order valence-electron chi connectivity index (χ1n) is 17.3. The third-order valence-electron chi connectivity index (χ3n) is 8.15. The second-order valence-corrected chi connectivity index (χ2v) is 16.3. The number of amides is 1. The quantitative estimate of drug-likeness (QED) is 0.293. The molecule has 1 aliphatic heterocycles. The molecule has 0 aliphatic carbocycles. The summed E-state index contributed by atoms with van der Waals surface area (Å²) >= 11 is 0. The van der Waals surface area contributed by atoms with Gasteiger partial charge in [0.05, 0.1) is 5.60 Å². The van der Waals surface area contributed by atoms with Gasteiger partial charge < -0.3 is 25.3 Å². The van der Waals surface area contributed by atoms with E-state index in [4.69, 9.17) is 15.6 Å². The van der Waals surface area contributed by atoms with Crippen LogP contribution in [0.1, 0.15) is 158 Å². The number of ketones is 1. The Kier molecular flexibility index (Phi) is 17.8. The van der Waals surface area contributed by atoms with E-state index < -0.39 is 11.2 Å². The van der Waals surface area contributed by atoms with E-state index >= 15 is 4.39 Å². The van der Waals surface area contributed by atoms with Gasteiger partial charge in [0, 0.05) is 30.8 Å². The number of allylic oxidation sites excluding steroid dienone is 2. The standard InChI is InChI=1S/C26H41FN2O2.C7H14O.C6H14O/c1-8-9-10-21(28)22(17(2)3)23-18(4)11-12-20(24(23)27)19-13-15-29(16-14-19)25(30)31-26(5,6)7;1-6(8)5-7(2,3)4;1-5(2)6(3,4)7/h11-12,17,19H,8-10,13-16,28H2,1-7H3;5H2,1-4H3;5,7H,1-4H3/b22-21+;;. The SMILES string of the molecule is CC(=O)CC(C)(C)C.CC(C)C(C)(C)O.CCCC/C(N)=C(\c1c(C)ccc(C2CCN(C(=O)OC(C)(C)C)CC2)c1F)C(C)C. The highest BCUT2D eigenvalue weighted by atomic mass is 19.1. The summed E-state index contributed by atoms with van der Waals surface area (Å²) in [6.07, 6.45) is 4.71. The molecule has 1 aliphatic rings. The zero-order chi connectivity index (χ0) is 36.2. The smallest absolute Gasteiger partial charge is 0.410 e. The van der Waals surface area contributed by atoms with Crippen LogP contribution in [0.5, 0.6) is 0 Å². The van der Waals surface area contributed by atoms with Gasteiger partial charge in [-0.15, -0.1) is 0 Å². The molecule has 0 bridgehead atoms. The van der Waals surface area contributed by atoms with Crippen molar-refractivity contribution in [2.75, 3.05) is 13.1 Å². The summed E-state index contributed by atoms with van der Waals surface area (Å²) in [7, 11) is 0. The van der Waals surface area contributed by atoms with Crippen molar-refractivity contribution < 1.29 is 23.8 Å². The fraction of sp³-hybridized carbons (Fsp3) is 0.744. The molecule has 1 heterocycles. The van der Waals surface area contributed by atoms with Gasteiger partial charge in [0.2, 0.25) is 0 Å². The third kappa shape index (κ3) is 16.4. The molecular formula is C39H69FN2O4. The third-order valence-corrected chi connectivity index (χ3v) is 8.15. The lowest BCUT2D eigenvalue weighted by atomic mass is 9.83. The molecule has 0 radical (unpaired) electrons. The normalized spacial score (nSPS) is 15.1. The van der Waals surface area contributed by atoms with Gasteiger partial charge in [-0.1, -0.05) is 73.9 Å². The minimum atomic E-state index is -0.511. The van der Waals surface area contributed by atoms with Gasteiger partial charge in [0.1, 0.15) is 17.2 Å². The summed E-state index contributed by atoms with van der Waals surface area (Å²) < 4.78 is 21.4. The Bertz CT molecular complexity index is 1130. The predicted octanol–water partition coefficient (Wildman–Crippen LogP) is 10.2. The van der Waals surface area contributed by atoms with E-state index in [9.17, 15) is 9.59 Å². The number of aliphatic hydroxyl groups is 1. The second-order valence-electron chi connectivity index (χ2n) is 16.3. The summed E-state index contributed by atoms with van der Waals surface area (Å²) in [6.45, 7) is 30.5. The fourth-order valence-corrected chi connectivity index (χ4v) is 5.10. The zero-order valence-corrected chi connectivity index (χ0v) is 32.1. The molecule has 1 saturated heterocycles. The van der Waals surface area contributed by atoms with E-state index in [-0.39, 0.29) is 34.9 Å². The number of benzene rings is 1. The van der Waals surface area contributed by atoms with E-state index in [1.807, 2.05) is 67.5 Å². The van der Waals surface area contributed by atoms with Gasteiger partial charge in [0.15, 0.2) is 0 Å². The average Bonchev–Trinajstić information content (AvgIpc) is 2.87. The molecule has 2 rings (SSSR count). The Hall–Kier alpha value is -2.41. The molecule has 3 N–H and O–H groups in total. The summed E-state index contributed by atoms with van der Waals surface area (Å²) in [5.41, 5.74) is 9.71. The first kappa shape index (κ1) is 43.6. The minimum absolute atomic E-state index is 0.0864. The van der Waals surface area contributed by atoms with Crippen LogP contribution in [0.25, 0.3) is 5.57 Å². The Morgan fingerprint density at radius 3 is 1.87 bits per heavy atom. The Balaban J connectivity index is 0.00000111. The maximum absolute atomic E-state index is 15.9. The maximum Gasteiger partial charge on any atom is 0.410 e. The van der Waals surface area contributed by atoms with Gasteiger partial charge in [-0.2, -0.15) is 0 Å². The first-order chi connectivity index (χ1) is 20.8. The topological polar surface area (TPSA) is 92.9 Å². The van der Waals surface area contributed by atoms with Crippen LogP contribution in [0.4, 0.5) is 9.18 Å². The minimum Gasteiger partial charge on any atom is -0.444 e. The van der Waals surface area contributed by atoms with Gasteiger partial charge in [-0.25, -0.2) is 9.18 Å². The molecular weight excluding hydrogens is 579 g/mol. The van der Waals surface area contributed by atoms with E-state index in [0.717, 1.165) is 54.5 Å². The molecule has 1 aromatic rings. The Morgan fingerprint density at radius 2 is 1.52 bits per heavy atom. The van der Waals surface area contributed by atoms with Gasteiger partial charge in [-0.3, -0.25) is 0 Å². The molecule has 0 aromatic heterocycles. The van der Waals surface area contributed by atoms with E-state index in [1.54, 1.807) is 11.8 Å². The molecule has 1 fully saturated rings. The second kappa shape index (κ2) is 18.8. The van der Waals surface area contributed by atoms with Crippen molar-refractivity contribution in [1.82, 2.24) is 4.90 Å². The van der Waals surface area contributed by atoms with Crippen LogP contribution < -0.4 is 5.73 Å². The van der Waals surface area contributed by atoms with Crippen LogP contribution in [-0.4, -0.2) is 46.2 Å². The van der Waals surface area contributed by atoms with Crippen molar-refractivity contribution in [3.05, 3.63) is 40.3 Å². The lowest BCUT2D eigenvalue weighted by Gasteiger charge is -2.34. The summed E-state index contributed by atoms with van der Waals surface area (Å²) in [4.78, 5) is 24.6. The first-order valence-corrected chi connectivity index (χ1v) is 17.3. The van der Waals surface area contributed by atoms with Crippen molar-refractivity contribution in [1.29, 1.82) is 0 Å². The van der Waals surface area contributed by atoms with Crippen LogP contribution >= 0.6 is 0 Å². The zero-order valence-electron chi connectivity index (χ0n) is 32.1. The van der Waals surface area contributed by atoms with Gasteiger partial charge >= 0.3 is 6.09 Å². The number of carbonyl (C=O) groups excluding carboxylic acids is 2. The maximum atomic E-state index is 15.9.